The Morgan fingerprint density at radius 1 is 1.27 bits per heavy atom. The van der Waals surface area contributed by atoms with Crippen molar-refractivity contribution in [1.82, 2.24) is 14.9 Å². The maximum atomic E-state index is 12.0. The van der Waals surface area contributed by atoms with E-state index in [1.807, 2.05) is 19.1 Å². The number of hydrogen-bond donors (Lipinski definition) is 1. The molecule has 0 saturated heterocycles. The molecule has 1 atom stereocenters. The third kappa shape index (κ3) is 4.35. The predicted molar refractivity (Wildman–Crippen MR) is 86.0 cm³/mol. The van der Waals surface area contributed by atoms with Crippen LogP contribution in [0.5, 0.6) is 5.75 Å². The number of carbonyl (C=O) groups is 1. The molecule has 0 saturated carbocycles. The van der Waals surface area contributed by atoms with Gasteiger partial charge in [-0.15, -0.1) is 0 Å². The largest absolute Gasteiger partial charge is 0.492 e. The van der Waals surface area contributed by atoms with E-state index >= 15 is 0 Å². The zero-order valence-corrected chi connectivity index (χ0v) is 13.3. The van der Waals surface area contributed by atoms with Gasteiger partial charge in [-0.05, 0) is 30.5 Å². The van der Waals surface area contributed by atoms with E-state index in [0.717, 1.165) is 5.75 Å². The number of amides is 1. The average Bonchev–Trinajstić information content (AvgIpc) is 3.05. The molecule has 2 aromatic rings. The summed E-state index contributed by atoms with van der Waals surface area (Å²) >= 11 is 0. The van der Waals surface area contributed by atoms with Crippen molar-refractivity contribution in [2.75, 3.05) is 13.2 Å². The zero-order chi connectivity index (χ0) is 15.9. The maximum absolute atomic E-state index is 12.0. The Kier molecular flexibility index (Phi) is 5.58. The summed E-state index contributed by atoms with van der Waals surface area (Å²) in [6.07, 6.45) is 5.07. The normalized spacial score (nSPS) is 12.2. The monoisotopic (exact) mass is 301 g/mol. The Bertz CT molecular complexity index is 576. The molecule has 1 aromatic carbocycles. The third-order valence-corrected chi connectivity index (χ3v) is 3.57. The summed E-state index contributed by atoms with van der Waals surface area (Å²) in [4.78, 5) is 15.9. The first kappa shape index (κ1) is 16.1. The van der Waals surface area contributed by atoms with Gasteiger partial charge in [-0.1, -0.05) is 26.0 Å². The molecule has 1 aromatic heterocycles. The highest BCUT2D eigenvalue weighted by atomic mass is 16.5. The maximum Gasteiger partial charge on any atom is 0.242 e. The molecule has 0 bridgehead atoms. The van der Waals surface area contributed by atoms with Crippen LogP contribution in [0.3, 0.4) is 0 Å². The van der Waals surface area contributed by atoms with E-state index < -0.39 is 0 Å². The summed E-state index contributed by atoms with van der Waals surface area (Å²) in [5.74, 6) is 1.29. The molecule has 0 aliphatic rings. The summed E-state index contributed by atoms with van der Waals surface area (Å²) in [6, 6.07) is 7.79. The topological polar surface area (TPSA) is 56.1 Å². The van der Waals surface area contributed by atoms with Crippen molar-refractivity contribution in [2.24, 2.45) is 0 Å². The van der Waals surface area contributed by atoms with Gasteiger partial charge in [0.15, 0.2) is 0 Å². The molecule has 0 spiro atoms. The van der Waals surface area contributed by atoms with Crippen LogP contribution in [0, 0.1) is 0 Å². The van der Waals surface area contributed by atoms with Crippen molar-refractivity contribution in [3.05, 3.63) is 48.5 Å². The van der Waals surface area contributed by atoms with E-state index in [1.165, 1.54) is 5.56 Å². The summed E-state index contributed by atoms with van der Waals surface area (Å²) < 4.78 is 7.39. The Hall–Kier alpha value is -2.30. The smallest absolute Gasteiger partial charge is 0.242 e. The van der Waals surface area contributed by atoms with E-state index in [1.54, 1.807) is 23.3 Å². The molecule has 0 aliphatic heterocycles. The molecular formula is C17H23N3O2. The van der Waals surface area contributed by atoms with Crippen LogP contribution < -0.4 is 10.1 Å². The zero-order valence-electron chi connectivity index (χ0n) is 13.3. The van der Waals surface area contributed by atoms with Crippen molar-refractivity contribution in [1.29, 1.82) is 0 Å². The quantitative estimate of drug-likeness (QED) is 0.800. The SMILES string of the molecule is CC(C)c1ccc(OCCNC(=O)[C@@H](C)n2ccnc2)cc1. The molecule has 2 rings (SSSR count). The minimum Gasteiger partial charge on any atom is -0.492 e. The number of aromatic nitrogens is 2. The first-order valence-corrected chi connectivity index (χ1v) is 7.56. The minimum atomic E-state index is -0.271. The van der Waals surface area contributed by atoms with Gasteiger partial charge in [-0.25, -0.2) is 4.98 Å². The van der Waals surface area contributed by atoms with Crippen molar-refractivity contribution < 1.29 is 9.53 Å². The lowest BCUT2D eigenvalue weighted by Gasteiger charge is -2.14. The lowest BCUT2D eigenvalue weighted by atomic mass is 10.0. The van der Waals surface area contributed by atoms with Crippen LogP contribution in [0.2, 0.25) is 0 Å². The van der Waals surface area contributed by atoms with E-state index in [4.69, 9.17) is 4.74 Å². The number of benzene rings is 1. The highest BCUT2D eigenvalue weighted by molar-refractivity contribution is 5.79. The van der Waals surface area contributed by atoms with Gasteiger partial charge in [-0.2, -0.15) is 0 Å². The van der Waals surface area contributed by atoms with Crippen LogP contribution in [0.4, 0.5) is 0 Å². The van der Waals surface area contributed by atoms with E-state index in [2.05, 4.69) is 36.3 Å². The highest BCUT2D eigenvalue weighted by Crippen LogP contribution is 2.18. The van der Waals surface area contributed by atoms with E-state index in [0.29, 0.717) is 19.1 Å². The second kappa shape index (κ2) is 7.64. The minimum absolute atomic E-state index is 0.0447. The summed E-state index contributed by atoms with van der Waals surface area (Å²) in [5.41, 5.74) is 1.29. The molecule has 1 N–H and O–H groups in total. The number of hydrogen-bond acceptors (Lipinski definition) is 3. The van der Waals surface area contributed by atoms with Crippen molar-refractivity contribution >= 4 is 5.91 Å². The molecule has 0 fully saturated rings. The van der Waals surface area contributed by atoms with Crippen LogP contribution in [0.25, 0.3) is 0 Å². The summed E-state index contributed by atoms with van der Waals surface area (Å²) in [6.45, 7) is 7.08. The number of nitrogens with one attached hydrogen (secondary N) is 1. The van der Waals surface area contributed by atoms with Crippen LogP contribution in [-0.2, 0) is 4.79 Å². The van der Waals surface area contributed by atoms with Crippen LogP contribution in [0.1, 0.15) is 38.3 Å². The average molecular weight is 301 g/mol. The molecule has 0 radical (unpaired) electrons. The van der Waals surface area contributed by atoms with Crippen molar-refractivity contribution in [3.63, 3.8) is 0 Å². The standard InChI is InChI=1S/C17H23N3O2/c1-13(2)15-4-6-16(7-5-15)22-11-9-19-17(21)14(3)20-10-8-18-12-20/h4-8,10,12-14H,9,11H2,1-3H3,(H,19,21)/t14-/m1/s1. The first-order valence-electron chi connectivity index (χ1n) is 7.56. The fraction of sp³-hybridized carbons (Fsp3) is 0.412. The summed E-state index contributed by atoms with van der Waals surface area (Å²) in [5, 5.41) is 2.86. The van der Waals surface area contributed by atoms with Gasteiger partial charge in [0.2, 0.25) is 5.91 Å². The third-order valence-electron chi connectivity index (χ3n) is 3.57. The van der Waals surface area contributed by atoms with Gasteiger partial charge >= 0.3 is 0 Å². The molecular weight excluding hydrogens is 278 g/mol. The molecule has 0 aliphatic carbocycles. The molecule has 1 amide bonds. The first-order chi connectivity index (χ1) is 10.6. The Morgan fingerprint density at radius 2 is 2.00 bits per heavy atom. The van der Waals surface area contributed by atoms with Crippen LogP contribution in [0.15, 0.2) is 43.0 Å². The lowest BCUT2D eigenvalue weighted by Crippen LogP contribution is -2.33. The summed E-state index contributed by atoms with van der Waals surface area (Å²) in [7, 11) is 0. The second-order valence-corrected chi connectivity index (χ2v) is 5.55. The van der Waals surface area contributed by atoms with Gasteiger partial charge in [0.1, 0.15) is 18.4 Å². The van der Waals surface area contributed by atoms with Crippen LogP contribution in [-0.4, -0.2) is 28.6 Å². The number of rotatable bonds is 7. The number of carbonyl (C=O) groups excluding carboxylic acids is 1. The molecule has 1 heterocycles. The van der Waals surface area contributed by atoms with Gasteiger partial charge in [-0.3, -0.25) is 4.79 Å². The van der Waals surface area contributed by atoms with Gasteiger partial charge in [0.05, 0.1) is 12.9 Å². The number of ether oxygens (including phenoxy) is 1. The number of nitrogens with zero attached hydrogens (tertiary/aromatic N) is 2. The van der Waals surface area contributed by atoms with Gasteiger partial charge in [0.25, 0.3) is 0 Å². The molecule has 5 heteroatoms. The fourth-order valence-corrected chi connectivity index (χ4v) is 2.07. The molecule has 22 heavy (non-hydrogen) atoms. The lowest BCUT2D eigenvalue weighted by molar-refractivity contribution is -0.123. The Balaban J connectivity index is 1.71. The Morgan fingerprint density at radius 3 is 2.59 bits per heavy atom. The van der Waals surface area contributed by atoms with Crippen molar-refractivity contribution in [3.8, 4) is 5.75 Å². The fourth-order valence-electron chi connectivity index (χ4n) is 2.07. The van der Waals surface area contributed by atoms with Crippen LogP contribution >= 0.6 is 0 Å². The second-order valence-electron chi connectivity index (χ2n) is 5.55. The molecule has 0 unspecified atom stereocenters. The van der Waals surface area contributed by atoms with E-state index in [-0.39, 0.29) is 11.9 Å². The van der Waals surface area contributed by atoms with Gasteiger partial charge in [0, 0.05) is 12.4 Å². The highest BCUT2D eigenvalue weighted by Gasteiger charge is 2.13. The molecule has 118 valence electrons. The van der Waals surface area contributed by atoms with Crippen molar-refractivity contribution in [2.45, 2.75) is 32.7 Å². The number of imidazole rings is 1. The van der Waals surface area contributed by atoms with Gasteiger partial charge < -0.3 is 14.6 Å². The predicted octanol–water partition coefficient (Wildman–Crippen LogP) is 2.76. The Labute approximate surface area is 131 Å². The molecule has 5 nitrogen and oxygen atoms in total. The van der Waals surface area contributed by atoms with E-state index in [9.17, 15) is 4.79 Å².